The van der Waals surface area contributed by atoms with E-state index in [4.69, 9.17) is 21.5 Å². The Labute approximate surface area is 252 Å². The molecule has 5 N–H and O–H groups in total. The summed E-state index contributed by atoms with van der Waals surface area (Å²) in [4.78, 5) is 6.81. The molecule has 43 heavy (non-hydrogen) atoms. The lowest BCUT2D eigenvalue weighted by molar-refractivity contribution is -0.163. The Bertz CT molecular complexity index is 1340. The number of aliphatic imine (C=N–C) groups is 1. The lowest BCUT2D eigenvalue weighted by Gasteiger charge is -2.37. The fourth-order valence-corrected chi connectivity index (χ4v) is 5.70. The number of amidine groups is 2. The van der Waals surface area contributed by atoms with Gasteiger partial charge >= 0.3 is 6.18 Å². The highest BCUT2D eigenvalue weighted by Gasteiger charge is 2.47. The molecule has 0 saturated carbocycles. The number of halogens is 3. The zero-order valence-corrected chi connectivity index (χ0v) is 24.8. The number of hydrogen-bond donors (Lipinski definition) is 4. The van der Waals surface area contributed by atoms with E-state index in [1.54, 1.807) is 12.2 Å². The van der Waals surface area contributed by atoms with Gasteiger partial charge in [-0.2, -0.15) is 13.2 Å². The van der Waals surface area contributed by atoms with E-state index >= 15 is 0 Å². The number of nitrogens with zero attached hydrogens (tertiary/aromatic N) is 2. The van der Waals surface area contributed by atoms with Gasteiger partial charge in [0.25, 0.3) is 0 Å². The maximum atomic E-state index is 14.6. The second-order valence-electron chi connectivity index (χ2n) is 11.7. The number of piperidine rings is 2. The van der Waals surface area contributed by atoms with E-state index in [1.807, 2.05) is 79.4 Å². The van der Waals surface area contributed by atoms with Crippen LogP contribution in [0.5, 0.6) is 0 Å². The van der Waals surface area contributed by atoms with E-state index in [1.165, 1.54) is 0 Å². The number of likely N-dealkylation sites (tertiary alicyclic amines) is 1. The smallest absolute Gasteiger partial charge is 0.396 e. The number of nitrogens with two attached hydrogens (primary N) is 1. The van der Waals surface area contributed by atoms with Gasteiger partial charge in [-0.05, 0) is 48.5 Å². The van der Waals surface area contributed by atoms with Gasteiger partial charge in [0.1, 0.15) is 17.7 Å². The fourth-order valence-electron chi connectivity index (χ4n) is 5.70. The Morgan fingerprint density at radius 1 is 1.02 bits per heavy atom. The fraction of sp³-hybridized carbons (Fsp3) is 0.382. The average molecular weight is 591 g/mol. The highest BCUT2D eigenvalue weighted by Crippen LogP contribution is 2.42. The summed E-state index contributed by atoms with van der Waals surface area (Å²) in [6, 6.07) is 18.4. The van der Waals surface area contributed by atoms with E-state index < -0.39 is 18.1 Å². The highest BCUT2D eigenvalue weighted by atomic mass is 19.4. The summed E-state index contributed by atoms with van der Waals surface area (Å²) in [6.07, 6.45) is 0.0871. The van der Waals surface area contributed by atoms with Crippen LogP contribution in [0.15, 0.2) is 101 Å². The minimum Gasteiger partial charge on any atom is -0.401 e. The number of hydrogen-bond acceptors (Lipinski definition) is 4. The molecule has 1 unspecified atom stereocenters. The number of benzene rings is 2. The molecule has 2 aliphatic heterocycles. The van der Waals surface area contributed by atoms with Gasteiger partial charge in [-0.1, -0.05) is 81.1 Å². The van der Waals surface area contributed by atoms with Crippen molar-refractivity contribution in [1.82, 2.24) is 10.2 Å². The van der Waals surface area contributed by atoms with Crippen LogP contribution in [0.3, 0.4) is 0 Å². The van der Waals surface area contributed by atoms with Crippen molar-refractivity contribution >= 4 is 17.4 Å². The third-order valence-electron chi connectivity index (χ3n) is 7.89. The van der Waals surface area contributed by atoms with Crippen molar-refractivity contribution in [2.45, 2.75) is 51.7 Å². The third-order valence-corrected chi connectivity index (χ3v) is 7.89. The first-order valence-corrected chi connectivity index (χ1v) is 14.7. The van der Waals surface area contributed by atoms with Gasteiger partial charge in [0, 0.05) is 48.1 Å². The Balaban J connectivity index is 1.66. The molecule has 2 aromatic carbocycles. The van der Waals surface area contributed by atoms with Crippen LogP contribution in [-0.2, 0) is 0 Å². The van der Waals surface area contributed by atoms with Crippen LogP contribution >= 0.6 is 0 Å². The molecule has 0 amide bonds. The van der Waals surface area contributed by atoms with Crippen molar-refractivity contribution in [3.63, 3.8) is 0 Å². The SMILES string of the molecule is C=C1CC(C(F)(F)F)C(=C(N)C2CCN(C(=N)/C=C\C(=N)CC(C)C)CC2)C(=NC(c2ccccc2)c2ccccc2)N1. The van der Waals surface area contributed by atoms with Gasteiger partial charge in [0.05, 0.1) is 5.92 Å². The quantitative estimate of drug-likeness (QED) is 0.191. The summed E-state index contributed by atoms with van der Waals surface area (Å²) in [5.74, 6) is -1.36. The number of alkyl halides is 3. The molecule has 0 aliphatic carbocycles. The molecule has 2 saturated heterocycles. The maximum Gasteiger partial charge on any atom is 0.396 e. The molecule has 6 nitrogen and oxygen atoms in total. The van der Waals surface area contributed by atoms with Crippen LogP contribution in [0.2, 0.25) is 0 Å². The lowest BCUT2D eigenvalue weighted by atomic mass is 9.82. The minimum atomic E-state index is -4.53. The summed E-state index contributed by atoms with van der Waals surface area (Å²) < 4.78 is 43.7. The number of rotatable bonds is 8. The second kappa shape index (κ2) is 13.9. The van der Waals surface area contributed by atoms with Gasteiger partial charge in [-0.3, -0.25) is 10.4 Å². The molecular weight excluding hydrogens is 549 g/mol. The van der Waals surface area contributed by atoms with E-state index in [0.717, 1.165) is 11.1 Å². The Hall–Kier alpha value is -4.14. The molecular formula is C34H41F3N6. The molecule has 2 heterocycles. The predicted octanol–water partition coefficient (Wildman–Crippen LogP) is 7.38. The zero-order chi connectivity index (χ0) is 31.1. The van der Waals surface area contributed by atoms with Crippen LogP contribution in [0, 0.1) is 28.6 Å². The normalized spacial score (nSPS) is 20.6. The van der Waals surface area contributed by atoms with Gasteiger partial charge in [0.2, 0.25) is 0 Å². The molecule has 0 spiro atoms. The van der Waals surface area contributed by atoms with Crippen molar-refractivity contribution < 1.29 is 13.2 Å². The van der Waals surface area contributed by atoms with Gasteiger partial charge < -0.3 is 21.4 Å². The second-order valence-corrected chi connectivity index (χ2v) is 11.7. The molecule has 1 atom stereocenters. The van der Waals surface area contributed by atoms with Crippen molar-refractivity contribution in [1.29, 1.82) is 10.8 Å². The minimum absolute atomic E-state index is 0.00711. The molecule has 2 fully saturated rings. The van der Waals surface area contributed by atoms with Crippen LogP contribution in [0.1, 0.15) is 56.7 Å². The Morgan fingerprint density at radius 3 is 2.09 bits per heavy atom. The Kier molecular flexibility index (Phi) is 10.3. The van der Waals surface area contributed by atoms with E-state index in [9.17, 15) is 13.2 Å². The van der Waals surface area contributed by atoms with E-state index in [0.29, 0.717) is 44.0 Å². The highest BCUT2D eigenvalue weighted by molar-refractivity contribution is 6.02. The van der Waals surface area contributed by atoms with Crippen LogP contribution in [-0.4, -0.2) is 41.5 Å². The molecule has 0 bridgehead atoms. The third kappa shape index (κ3) is 8.24. The standard InChI is InChI=1S/C34H41F3N6/c1-22(2)20-27(38)14-15-29(39)43-18-16-24(17-19-43)31(40)30-28(34(35,36)37)21-23(3)41-33(30)42-32(25-10-6-4-7-11-25)26-12-8-5-9-13-26/h4-15,22,24,28,32,38-39H,3,16-21,40H2,1-2H3,(H,41,42)/b15-14-,31-30?,38-27?,39-29?. The summed E-state index contributed by atoms with van der Waals surface area (Å²) >= 11 is 0. The summed E-state index contributed by atoms with van der Waals surface area (Å²) in [5.41, 5.74) is 9.28. The largest absolute Gasteiger partial charge is 0.401 e. The topological polar surface area (TPSA) is 101 Å². The Morgan fingerprint density at radius 2 is 1.58 bits per heavy atom. The monoisotopic (exact) mass is 590 g/mol. The number of nitrogens with one attached hydrogen (secondary N) is 3. The first-order valence-electron chi connectivity index (χ1n) is 14.7. The first-order chi connectivity index (χ1) is 20.4. The zero-order valence-electron chi connectivity index (χ0n) is 24.8. The molecule has 228 valence electrons. The number of allylic oxidation sites excluding steroid dienone is 3. The van der Waals surface area contributed by atoms with Gasteiger partial charge in [0.15, 0.2) is 0 Å². The van der Waals surface area contributed by atoms with Gasteiger partial charge in [-0.15, -0.1) is 0 Å². The molecule has 2 aliphatic rings. The molecule has 9 heteroatoms. The van der Waals surface area contributed by atoms with Crippen molar-refractivity contribution in [3.8, 4) is 0 Å². The van der Waals surface area contributed by atoms with E-state index in [2.05, 4.69) is 11.9 Å². The van der Waals surface area contributed by atoms with Gasteiger partial charge in [-0.25, -0.2) is 0 Å². The molecule has 4 rings (SSSR count). The van der Waals surface area contributed by atoms with Crippen molar-refractivity contribution in [2.75, 3.05) is 13.1 Å². The molecule has 0 radical (unpaired) electrons. The maximum absolute atomic E-state index is 14.6. The summed E-state index contributed by atoms with van der Waals surface area (Å²) in [6.45, 7) is 8.91. The summed E-state index contributed by atoms with van der Waals surface area (Å²) in [5, 5.41) is 19.6. The van der Waals surface area contributed by atoms with Crippen molar-refractivity contribution in [3.05, 3.63) is 107 Å². The van der Waals surface area contributed by atoms with Crippen LogP contribution in [0.4, 0.5) is 13.2 Å². The predicted molar refractivity (Wildman–Crippen MR) is 168 cm³/mol. The lowest BCUT2D eigenvalue weighted by Crippen LogP contribution is -2.44. The van der Waals surface area contributed by atoms with E-state index in [-0.39, 0.29) is 41.0 Å². The first kappa shape index (κ1) is 31.8. The van der Waals surface area contributed by atoms with Crippen molar-refractivity contribution in [2.24, 2.45) is 28.5 Å². The average Bonchev–Trinajstić information content (AvgIpc) is 2.98. The van der Waals surface area contributed by atoms with Crippen LogP contribution < -0.4 is 11.1 Å². The molecule has 0 aromatic heterocycles. The summed E-state index contributed by atoms with van der Waals surface area (Å²) in [7, 11) is 0. The molecule has 2 aromatic rings. The van der Waals surface area contributed by atoms with Crippen LogP contribution in [0.25, 0.3) is 0 Å².